The Balaban J connectivity index is 0. The molecule has 0 rings (SSSR count). The molecule has 0 aromatic heterocycles. The van der Waals surface area contributed by atoms with Gasteiger partial charge in [0.2, 0.25) is 0 Å². The van der Waals surface area contributed by atoms with Crippen molar-refractivity contribution in [2.75, 3.05) is 0 Å². The molecular formula is C14H32. The first kappa shape index (κ1) is 16.4. The minimum absolute atomic E-state index is 0.866. The summed E-state index contributed by atoms with van der Waals surface area (Å²) in [4.78, 5) is 0. The molecule has 0 aliphatic carbocycles. The largest absolute Gasteiger partial charge is 0.0651 e. The van der Waals surface area contributed by atoms with Gasteiger partial charge in [-0.3, -0.25) is 0 Å². The standard InChI is InChI=1S/2C7H16/c2*1-5-7(4)6(2)3/h2*6-7H,5H2,1-4H3/t2*7-/m10/s1. The van der Waals surface area contributed by atoms with Gasteiger partial charge in [-0.15, -0.1) is 0 Å². The molecule has 0 saturated carbocycles. The van der Waals surface area contributed by atoms with Gasteiger partial charge in [0, 0.05) is 0 Å². The van der Waals surface area contributed by atoms with E-state index >= 15 is 0 Å². The topological polar surface area (TPSA) is 0 Å². The molecule has 0 N–H and O–H groups in total. The maximum atomic E-state index is 2.30. The van der Waals surface area contributed by atoms with E-state index in [2.05, 4.69) is 55.4 Å². The molecule has 0 aromatic rings. The predicted molar refractivity (Wildman–Crippen MR) is 68.6 cm³/mol. The zero-order chi connectivity index (χ0) is 11.7. The first-order chi connectivity index (χ1) is 6.36. The third-order valence-corrected chi connectivity index (χ3v) is 3.56. The quantitative estimate of drug-likeness (QED) is 0.572. The molecule has 0 saturated heterocycles. The normalized spacial score (nSPS) is 15.0. The summed E-state index contributed by atoms with van der Waals surface area (Å²) in [7, 11) is 0. The summed E-state index contributed by atoms with van der Waals surface area (Å²) in [5.74, 6) is 3.54. The van der Waals surface area contributed by atoms with Gasteiger partial charge in [0.25, 0.3) is 0 Å². The van der Waals surface area contributed by atoms with Crippen LogP contribution in [-0.4, -0.2) is 0 Å². The van der Waals surface area contributed by atoms with Gasteiger partial charge in [0.1, 0.15) is 0 Å². The third kappa shape index (κ3) is 10.1. The van der Waals surface area contributed by atoms with Gasteiger partial charge in [-0.2, -0.15) is 0 Å². The van der Waals surface area contributed by atoms with E-state index in [1.807, 2.05) is 0 Å². The van der Waals surface area contributed by atoms with E-state index in [1.54, 1.807) is 0 Å². The molecule has 0 amide bonds. The van der Waals surface area contributed by atoms with E-state index in [9.17, 15) is 0 Å². The summed E-state index contributed by atoms with van der Waals surface area (Å²) in [5, 5.41) is 0. The molecule has 0 heteroatoms. The van der Waals surface area contributed by atoms with Crippen LogP contribution in [0.25, 0.3) is 0 Å². The number of hydrogen-bond donors (Lipinski definition) is 0. The van der Waals surface area contributed by atoms with Crippen LogP contribution >= 0.6 is 0 Å². The molecule has 0 unspecified atom stereocenters. The lowest BCUT2D eigenvalue weighted by atomic mass is 9.96. The number of hydrogen-bond acceptors (Lipinski definition) is 0. The van der Waals surface area contributed by atoms with E-state index in [0.717, 1.165) is 23.7 Å². The van der Waals surface area contributed by atoms with Gasteiger partial charge in [-0.25, -0.2) is 0 Å². The molecule has 0 bridgehead atoms. The molecule has 88 valence electrons. The van der Waals surface area contributed by atoms with Crippen molar-refractivity contribution in [2.24, 2.45) is 23.7 Å². The van der Waals surface area contributed by atoms with Crippen molar-refractivity contribution >= 4 is 0 Å². The molecule has 0 radical (unpaired) electrons. The molecule has 0 heterocycles. The Hall–Kier alpha value is 0. The van der Waals surface area contributed by atoms with Crippen LogP contribution in [0, 0.1) is 23.7 Å². The molecule has 14 heavy (non-hydrogen) atoms. The van der Waals surface area contributed by atoms with Gasteiger partial charge in [0.15, 0.2) is 0 Å². The highest BCUT2D eigenvalue weighted by Crippen LogP contribution is 2.12. The second-order valence-corrected chi connectivity index (χ2v) is 5.26. The van der Waals surface area contributed by atoms with Crippen molar-refractivity contribution < 1.29 is 0 Å². The number of rotatable bonds is 4. The Kier molecular flexibility index (Phi) is 11.2. The van der Waals surface area contributed by atoms with Crippen LogP contribution in [0.15, 0.2) is 0 Å². The third-order valence-electron chi connectivity index (χ3n) is 3.56. The van der Waals surface area contributed by atoms with E-state index in [1.165, 1.54) is 12.8 Å². The summed E-state index contributed by atoms with van der Waals surface area (Å²) < 4.78 is 0. The molecule has 0 spiro atoms. The summed E-state index contributed by atoms with van der Waals surface area (Å²) in [6, 6.07) is 0. The Morgan fingerprint density at radius 1 is 0.571 bits per heavy atom. The molecule has 0 nitrogen and oxygen atoms in total. The SMILES string of the molecule is CC[C@@H](C)C(C)C.CC[C@H](C)C(C)C. The minimum atomic E-state index is 0.866. The summed E-state index contributed by atoms with van der Waals surface area (Å²) in [5.41, 5.74) is 0. The highest BCUT2D eigenvalue weighted by atomic mass is 14.1. The van der Waals surface area contributed by atoms with E-state index in [-0.39, 0.29) is 0 Å². The molecule has 0 aliphatic heterocycles. The first-order valence-electron chi connectivity index (χ1n) is 6.36. The second-order valence-electron chi connectivity index (χ2n) is 5.26. The van der Waals surface area contributed by atoms with Crippen molar-refractivity contribution in [3.8, 4) is 0 Å². The van der Waals surface area contributed by atoms with Crippen LogP contribution in [0.2, 0.25) is 0 Å². The average Bonchev–Trinajstić information content (AvgIpc) is 2.15. The van der Waals surface area contributed by atoms with Crippen LogP contribution in [-0.2, 0) is 0 Å². The molecule has 0 aromatic carbocycles. The van der Waals surface area contributed by atoms with Crippen molar-refractivity contribution in [1.82, 2.24) is 0 Å². The van der Waals surface area contributed by atoms with Gasteiger partial charge in [-0.1, -0.05) is 68.2 Å². The Morgan fingerprint density at radius 3 is 0.786 bits per heavy atom. The van der Waals surface area contributed by atoms with Crippen molar-refractivity contribution in [3.63, 3.8) is 0 Å². The van der Waals surface area contributed by atoms with Crippen LogP contribution in [0.1, 0.15) is 68.2 Å². The fraction of sp³-hybridized carbons (Fsp3) is 1.00. The van der Waals surface area contributed by atoms with Crippen molar-refractivity contribution in [3.05, 3.63) is 0 Å². The maximum Gasteiger partial charge on any atom is -0.0422 e. The Bertz CT molecular complexity index is 88.6. The smallest absolute Gasteiger partial charge is 0.0422 e. The lowest BCUT2D eigenvalue weighted by Crippen LogP contribution is -2.00. The van der Waals surface area contributed by atoms with Crippen LogP contribution in [0.3, 0.4) is 0 Å². The van der Waals surface area contributed by atoms with Gasteiger partial charge in [0.05, 0.1) is 0 Å². The van der Waals surface area contributed by atoms with Crippen LogP contribution < -0.4 is 0 Å². The fourth-order valence-electron chi connectivity index (χ4n) is 0.943. The van der Waals surface area contributed by atoms with E-state index in [4.69, 9.17) is 0 Å². The zero-order valence-corrected chi connectivity index (χ0v) is 11.7. The summed E-state index contributed by atoms with van der Waals surface area (Å²) in [6.45, 7) is 18.2. The Labute approximate surface area is 92.5 Å². The molecule has 0 fully saturated rings. The lowest BCUT2D eigenvalue weighted by molar-refractivity contribution is 0.407. The highest BCUT2D eigenvalue weighted by molar-refractivity contribution is 4.52. The minimum Gasteiger partial charge on any atom is -0.0651 e. The monoisotopic (exact) mass is 200 g/mol. The highest BCUT2D eigenvalue weighted by Gasteiger charge is 2.01. The second kappa shape index (κ2) is 9.55. The van der Waals surface area contributed by atoms with E-state index in [0.29, 0.717) is 0 Å². The maximum absolute atomic E-state index is 2.30. The van der Waals surface area contributed by atoms with Crippen LogP contribution in [0.4, 0.5) is 0 Å². The zero-order valence-electron chi connectivity index (χ0n) is 11.7. The lowest BCUT2D eigenvalue weighted by Gasteiger charge is -2.10. The summed E-state index contributed by atoms with van der Waals surface area (Å²) in [6.07, 6.45) is 2.63. The van der Waals surface area contributed by atoms with Gasteiger partial charge >= 0.3 is 0 Å². The average molecular weight is 200 g/mol. The molecular weight excluding hydrogens is 168 g/mol. The summed E-state index contributed by atoms with van der Waals surface area (Å²) >= 11 is 0. The van der Waals surface area contributed by atoms with Crippen molar-refractivity contribution in [1.29, 1.82) is 0 Å². The van der Waals surface area contributed by atoms with Gasteiger partial charge in [-0.05, 0) is 23.7 Å². The molecule has 0 aliphatic rings. The predicted octanol–water partition coefficient (Wildman–Crippen LogP) is 5.38. The van der Waals surface area contributed by atoms with E-state index < -0.39 is 0 Å². The molecule has 2 atom stereocenters. The fourth-order valence-corrected chi connectivity index (χ4v) is 0.943. The first-order valence-corrected chi connectivity index (χ1v) is 6.36. The Morgan fingerprint density at radius 2 is 0.786 bits per heavy atom. The van der Waals surface area contributed by atoms with Crippen molar-refractivity contribution in [2.45, 2.75) is 68.2 Å². The van der Waals surface area contributed by atoms with Gasteiger partial charge < -0.3 is 0 Å². The van der Waals surface area contributed by atoms with Crippen LogP contribution in [0.5, 0.6) is 0 Å².